The highest BCUT2D eigenvalue weighted by Crippen LogP contribution is 2.32. The largest absolute Gasteiger partial charge is 0.495 e. The summed E-state index contributed by atoms with van der Waals surface area (Å²) in [6.07, 6.45) is -1.14. The molecule has 1 aromatic heterocycles. The molecule has 1 N–H and O–H groups in total. The molecule has 2 rings (SSSR count). The lowest BCUT2D eigenvalue weighted by Crippen LogP contribution is -2.18. The normalized spacial score (nSPS) is 13.0. The first kappa shape index (κ1) is 15.3. The molecule has 1 aromatic carbocycles. The van der Waals surface area contributed by atoms with Crippen molar-refractivity contribution >= 4 is 0 Å². The van der Waals surface area contributed by atoms with Crippen LogP contribution in [-0.4, -0.2) is 19.1 Å². The van der Waals surface area contributed by atoms with E-state index in [4.69, 9.17) is 4.74 Å². The first-order chi connectivity index (χ1) is 9.97. The lowest BCUT2D eigenvalue weighted by Gasteiger charge is -2.20. The Morgan fingerprint density at radius 3 is 2.33 bits per heavy atom. The maximum absolute atomic E-state index is 12.6. The molecule has 0 aliphatic carbocycles. The molecule has 2 aromatic rings. The molecule has 1 unspecified atom stereocenters. The molecule has 0 saturated carbocycles. The Balaban J connectivity index is 2.38. The second-order valence-electron chi connectivity index (χ2n) is 4.46. The van der Waals surface area contributed by atoms with Crippen LogP contribution in [0.3, 0.4) is 0 Å². The fourth-order valence-electron chi connectivity index (χ4n) is 2.17. The van der Waals surface area contributed by atoms with Gasteiger partial charge >= 0.3 is 6.18 Å². The van der Waals surface area contributed by atoms with E-state index in [9.17, 15) is 13.2 Å². The molecule has 0 amide bonds. The monoisotopic (exact) mass is 296 g/mol. The van der Waals surface area contributed by atoms with Crippen molar-refractivity contribution in [3.8, 4) is 5.75 Å². The molecule has 6 heteroatoms. The Morgan fingerprint density at radius 2 is 1.81 bits per heavy atom. The molecule has 0 spiro atoms. The SMILES string of the molecule is CNC(c1ccc(C(F)(F)F)cc1)c1ccncc1OC. The maximum atomic E-state index is 12.6. The Morgan fingerprint density at radius 1 is 1.14 bits per heavy atom. The van der Waals surface area contributed by atoms with Crippen LogP contribution >= 0.6 is 0 Å². The zero-order valence-electron chi connectivity index (χ0n) is 11.6. The average Bonchev–Trinajstić information content (AvgIpc) is 2.48. The third-order valence-corrected chi connectivity index (χ3v) is 3.21. The highest BCUT2D eigenvalue weighted by Gasteiger charge is 2.30. The molecule has 3 nitrogen and oxygen atoms in total. The van der Waals surface area contributed by atoms with E-state index in [1.54, 1.807) is 25.5 Å². The first-order valence-corrected chi connectivity index (χ1v) is 6.29. The van der Waals surface area contributed by atoms with Crippen molar-refractivity contribution in [2.45, 2.75) is 12.2 Å². The van der Waals surface area contributed by atoms with Crippen LogP contribution in [-0.2, 0) is 6.18 Å². The van der Waals surface area contributed by atoms with Gasteiger partial charge in [-0.2, -0.15) is 13.2 Å². The van der Waals surface area contributed by atoms with E-state index >= 15 is 0 Å². The van der Waals surface area contributed by atoms with Crippen LogP contribution < -0.4 is 10.1 Å². The average molecular weight is 296 g/mol. The van der Waals surface area contributed by atoms with Crippen molar-refractivity contribution in [1.29, 1.82) is 0 Å². The van der Waals surface area contributed by atoms with Gasteiger partial charge < -0.3 is 10.1 Å². The maximum Gasteiger partial charge on any atom is 0.416 e. The summed E-state index contributed by atoms with van der Waals surface area (Å²) in [5.41, 5.74) is 0.868. The number of ether oxygens (including phenoxy) is 1. The fourth-order valence-corrected chi connectivity index (χ4v) is 2.17. The molecule has 1 atom stereocenters. The number of pyridine rings is 1. The van der Waals surface area contributed by atoms with Crippen molar-refractivity contribution in [3.63, 3.8) is 0 Å². The molecule has 21 heavy (non-hydrogen) atoms. The van der Waals surface area contributed by atoms with Gasteiger partial charge in [0.2, 0.25) is 0 Å². The minimum Gasteiger partial charge on any atom is -0.495 e. The van der Waals surface area contributed by atoms with Crippen LogP contribution in [0.5, 0.6) is 5.75 Å². The predicted molar refractivity (Wildman–Crippen MR) is 73.1 cm³/mol. The minimum atomic E-state index is -4.33. The number of alkyl halides is 3. The molecule has 112 valence electrons. The van der Waals surface area contributed by atoms with E-state index in [1.165, 1.54) is 19.2 Å². The molecular formula is C15H15F3N2O. The second kappa shape index (κ2) is 6.13. The molecule has 0 fully saturated rings. The summed E-state index contributed by atoms with van der Waals surface area (Å²) < 4.78 is 43.0. The predicted octanol–water partition coefficient (Wildman–Crippen LogP) is 3.42. The summed E-state index contributed by atoms with van der Waals surface area (Å²) in [4.78, 5) is 3.97. The fraction of sp³-hybridized carbons (Fsp3) is 0.267. The number of rotatable bonds is 4. The van der Waals surface area contributed by atoms with Gasteiger partial charge in [0.05, 0.1) is 24.9 Å². The van der Waals surface area contributed by atoms with Crippen LogP contribution in [0.2, 0.25) is 0 Å². The van der Waals surface area contributed by atoms with Gasteiger partial charge in [0, 0.05) is 11.8 Å². The Labute approximate surface area is 120 Å². The lowest BCUT2D eigenvalue weighted by molar-refractivity contribution is -0.137. The van der Waals surface area contributed by atoms with Crippen LogP contribution in [0.4, 0.5) is 13.2 Å². The van der Waals surface area contributed by atoms with Crippen molar-refractivity contribution in [1.82, 2.24) is 10.3 Å². The van der Waals surface area contributed by atoms with Crippen molar-refractivity contribution in [3.05, 3.63) is 59.4 Å². The summed E-state index contributed by atoms with van der Waals surface area (Å²) in [5.74, 6) is 0.580. The van der Waals surface area contributed by atoms with Gasteiger partial charge in [0.25, 0.3) is 0 Å². The summed E-state index contributed by atoms with van der Waals surface area (Å²) in [6, 6.07) is 6.58. The Bertz CT molecular complexity index is 597. The minimum absolute atomic E-state index is 0.273. The van der Waals surface area contributed by atoms with Crippen LogP contribution in [0, 0.1) is 0 Å². The molecule has 0 aliphatic heterocycles. The molecular weight excluding hydrogens is 281 g/mol. The number of aromatic nitrogens is 1. The van der Waals surface area contributed by atoms with E-state index < -0.39 is 11.7 Å². The Hall–Kier alpha value is -2.08. The third kappa shape index (κ3) is 3.33. The summed E-state index contributed by atoms with van der Waals surface area (Å²) in [6.45, 7) is 0. The number of nitrogens with zero attached hydrogens (tertiary/aromatic N) is 1. The van der Waals surface area contributed by atoms with Crippen molar-refractivity contribution < 1.29 is 17.9 Å². The van der Waals surface area contributed by atoms with Gasteiger partial charge in [0.15, 0.2) is 0 Å². The summed E-state index contributed by atoms with van der Waals surface area (Å²) >= 11 is 0. The van der Waals surface area contributed by atoms with Crippen molar-refractivity contribution in [2.24, 2.45) is 0 Å². The number of methoxy groups -OCH3 is 1. The topological polar surface area (TPSA) is 34.2 Å². The van der Waals surface area contributed by atoms with E-state index in [1.807, 2.05) is 0 Å². The number of benzene rings is 1. The molecule has 0 aliphatic rings. The zero-order valence-corrected chi connectivity index (χ0v) is 11.6. The van der Waals surface area contributed by atoms with Gasteiger partial charge in [0.1, 0.15) is 5.75 Å². The quantitative estimate of drug-likeness (QED) is 0.938. The van der Waals surface area contributed by atoms with E-state index in [0.717, 1.165) is 23.3 Å². The standard InChI is InChI=1S/C15H15F3N2O/c1-19-14(12-7-8-20-9-13(12)21-2)10-3-5-11(6-4-10)15(16,17)18/h3-9,14,19H,1-2H3. The molecule has 0 bridgehead atoms. The highest BCUT2D eigenvalue weighted by molar-refractivity contribution is 5.40. The van der Waals surface area contributed by atoms with Gasteiger partial charge in [-0.15, -0.1) is 0 Å². The number of nitrogens with one attached hydrogen (secondary N) is 1. The van der Waals surface area contributed by atoms with Crippen LogP contribution in [0.1, 0.15) is 22.7 Å². The Kier molecular flexibility index (Phi) is 4.47. The van der Waals surface area contributed by atoms with Crippen molar-refractivity contribution in [2.75, 3.05) is 14.2 Å². The number of halogens is 3. The molecule has 1 heterocycles. The summed E-state index contributed by atoms with van der Waals surface area (Å²) in [7, 11) is 3.27. The van der Waals surface area contributed by atoms with Gasteiger partial charge in [-0.25, -0.2) is 0 Å². The van der Waals surface area contributed by atoms with Crippen LogP contribution in [0.25, 0.3) is 0 Å². The summed E-state index contributed by atoms with van der Waals surface area (Å²) in [5, 5.41) is 3.08. The third-order valence-electron chi connectivity index (χ3n) is 3.21. The first-order valence-electron chi connectivity index (χ1n) is 6.29. The van der Waals surface area contributed by atoms with Gasteiger partial charge in [-0.3, -0.25) is 4.98 Å². The second-order valence-corrected chi connectivity index (χ2v) is 4.46. The van der Waals surface area contributed by atoms with Gasteiger partial charge in [-0.1, -0.05) is 12.1 Å². The van der Waals surface area contributed by atoms with E-state index in [0.29, 0.717) is 5.75 Å². The van der Waals surface area contributed by atoms with E-state index in [2.05, 4.69) is 10.3 Å². The smallest absolute Gasteiger partial charge is 0.416 e. The van der Waals surface area contributed by atoms with E-state index in [-0.39, 0.29) is 6.04 Å². The highest BCUT2D eigenvalue weighted by atomic mass is 19.4. The lowest BCUT2D eigenvalue weighted by atomic mass is 9.98. The van der Waals surface area contributed by atoms with Crippen LogP contribution in [0.15, 0.2) is 42.7 Å². The molecule has 0 radical (unpaired) electrons. The van der Waals surface area contributed by atoms with Gasteiger partial charge in [-0.05, 0) is 30.8 Å². The zero-order chi connectivity index (χ0) is 15.5. The number of hydrogen-bond acceptors (Lipinski definition) is 3. The molecule has 0 saturated heterocycles. The number of hydrogen-bond donors (Lipinski definition) is 1.